The van der Waals surface area contributed by atoms with Crippen LogP contribution < -0.4 is 10.7 Å². The van der Waals surface area contributed by atoms with Gasteiger partial charge in [0, 0.05) is 6.54 Å². The van der Waals surface area contributed by atoms with Gasteiger partial charge < -0.3 is 15.0 Å². The van der Waals surface area contributed by atoms with Gasteiger partial charge in [-0.25, -0.2) is 9.79 Å². The second-order valence-corrected chi connectivity index (χ2v) is 9.15. The second kappa shape index (κ2) is 16.1. The molecule has 1 heterocycles. The Labute approximate surface area is 225 Å². The van der Waals surface area contributed by atoms with Gasteiger partial charge in [-0.15, -0.1) is 12.4 Å². The first-order valence-corrected chi connectivity index (χ1v) is 12.9. The number of hydrogen-bond acceptors (Lipinski definition) is 7. The molecule has 2 N–H and O–H groups in total. The van der Waals surface area contributed by atoms with Gasteiger partial charge in [0.15, 0.2) is 10.7 Å². The zero-order valence-electron chi connectivity index (χ0n) is 21.7. The van der Waals surface area contributed by atoms with Gasteiger partial charge in [0.25, 0.3) is 5.91 Å². The summed E-state index contributed by atoms with van der Waals surface area (Å²) in [5.41, 5.74) is 4.01. The first kappa shape index (κ1) is 31.3. The lowest BCUT2D eigenvalue weighted by Gasteiger charge is -2.23. The number of hydrazine groups is 1. The summed E-state index contributed by atoms with van der Waals surface area (Å²) in [6.07, 6.45) is 3.43. The zero-order valence-corrected chi connectivity index (χ0v) is 23.3. The number of halogens is 1. The number of amidine groups is 1. The number of alkyl carbamates (subject to hydrolysis) is 1. The molecule has 0 saturated heterocycles. The van der Waals surface area contributed by atoms with E-state index < -0.39 is 5.54 Å². The Morgan fingerprint density at radius 2 is 1.72 bits per heavy atom. The number of rotatable bonds is 9. The van der Waals surface area contributed by atoms with Crippen LogP contribution in [-0.4, -0.2) is 67.1 Å². The molecule has 1 aliphatic rings. The molecule has 2 amide bonds. The molecule has 0 fully saturated rings. The Kier molecular flexibility index (Phi) is 14.0. The average Bonchev–Trinajstić information content (AvgIpc) is 3.12. The number of hydrogen-bond donors (Lipinski definition) is 2. The molecule has 1 aliphatic heterocycles. The minimum absolute atomic E-state index is 0. The fraction of sp³-hybridized carbons (Fsp3) is 0.423. The van der Waals surface area contributed by atoms with Crippen LogP contribution >= 0.6 is 24.2 Å². The average molecular weight is 536 g/mol. The van der Waals surface area contributed by atoms with E-state index in [0.29, 0.717) is 18.3 Å². The highest BCUT2D eigenvalue weighted by Crippen LogP contribution is 2.35. The maximum absolute atomic E-state index is 12.9. The lowest BCUT2D eigenvalue weighted by atomic mass is 9.92. The van der Waals surface area contributed by atoms with Crippen LogP contribution in [0.15, 0.2) is 65.7 Å². The van der Waals surface area contributed by atoms with Gasteiger partial charge in [-0.2, -0.15) is 5.01 Å². The maximum Gasteiger partial charge on any atom is 0.407 e. The number of thioether (sulfide) groups is 1. The van der Waals surface area contributed by atoms with Crippen molar-refractivity contribution in [2.45, 2.75) is 32.2 Å². The molecule has 36 heavy (non-hydrogen) atoms. The molecule has 10 heteroatoms. The molecule has 0 aliphatic carbocycles. The summed E-state index contributed by atoms with van der Waals surface area (Å²) in [7, 11) is 4.02. The molecule has 0 unspecified atom stereocenters. The Morgan fingerprint density at radius 3 is 2.28 bits per heavy atom. The number of nitrogens with zero attached hydrogens (tertiary/aromatic N) is 3. The molecule has 0 aromatic heterocycles. The van der Waals surface area contributed by atoms with E-state index in [2.05, 4.69) is 20.6 Å². The van der Waals surface area contributed by atoms with E-state index in [1.165, 1.54) is 16.8 Å². The normalized spacial score (nSPS) is 16.4. The van der Waals surface area contributed by atoms with Crippen molar-refractivity contribution in [1.29, 1.82) is 0 Å². The summed E-state index contributed by atoms with van der Waals surface area (Å²) in [6, 6.07) is 19.3. The van der Waals surface area contributed by atoms with Crippen molar-refractivity contribution in [3.63, 3.8) is 0 Å². The summed E-state index contributed by atoms with van der Waals surface area (Å²) in [4.78, 5) is 30.6. The van der Waals surface area contributed by atoms with Crippen LogP contribution in [0.4, 0.5) is 10.5 Å². The first-order valence-electron chi connectivity index (χ1n) is 11.7. The van der Waals surface area contributed by atoms with E-state index in [4.69, 9.17) is 4.74 Å². The van der Waals surface area contributed by atoms with E-state index in [1.807, 2.05) is 94.9 Å². The molecule has 1 atom stereocenters. The molecule has 198 valence electrons. The lowest BCUT2D eigenvalue weighted by molar-refractivity contribution is -0.129. The first-order chi connectivity index (χ1) is 16.8. The summed E-state index contributed by atoms with van der Waals surface area (Å²) in [6.45, 7) is 5.99. The third-order valence-electron chi connectivity index (χ3n) is 5.15. The van der Waals surface area contributed by atoms with Gasteiger partial charge in [0.1, 0.15) is 0 Å². The Bertz CT molecular complexity index is 963. The molecule has 0 bridgehead atoms. The van der Waals surface area contributed by atoms with E-state index in [-0.39, 0.29) is 24.4 Å². The van der Waals surface area contributed by atoms with Gasteiger partial charge in [-0.05, 0) is 64.4 Å². The van der Waals surface area contributed by atoms with E-state index in [9.17, 15) is 9.59 Å². The predicted octanol–water partition coefficient (Wildman–Crippen LogP) is 4.99. The van der Waals surface area contributed by atoms with Gasteiger partial charge in [-0.3, -0.25) is 10.2 Å². The summed E-state index contributed by atoms with van der Waals surface area (Å²) < 4.78 is 4.83. The van der Waals surface area contributed by atoms with Crippen LogP contribution in [0.5, 0.6) is 0 Å². The number of carbonyl (C=O) groups excluding carboxylic acids is 2. The van der Waals surface area contributed by atoms with Crippen LogP contribution in [0.3, 0.4) is 0 Å². The highest BCUT2D eigenvalue weighted by Gasteiger charge is 2.46. The van der Waals surface area contributed by atoms with Crippen molar-refractivity contribution < 1.29 is 14.3 Å². The highest BCUT2D eigenvalue weighted by atomic mass is 35.5. The number of amides is 2. The molecule has 2 aromatic rings. The Balaban J connectivity index is 0.000000402. The molecular formula is C26H38ClN5O3S. The second-order valence-electron chi connectivity index (χ2n) is 8.37. The monoisotopic (exact) mass is 535 g/mol. The highest BCUT2D eigenvalue weighted by molar-refractivity contribution is 8.13. The molecule has 0 radical (unpaired) electrons. The third kappa shape index (κ3) is 9.37. The van der Waals surface area contributed by atoms with Crippen molar-refractivity contribution >= 4 is 47.0 Å². The minimum atomic E-state index is -0.888. The van der Waals surface area contributed by atoms with Gasteiger partial charge >= 0.3 is 6.09 Å². The largest absolute Gasteiger partial charge is 0.450 e. The molecule has 0 saturated carbocycles. The quantitative estimate of drug-likeness (QED) is 0.440. The maximum atomic E-state index is 12.9. The SMILES string of the molecule is CCCOC(=O)NCCCN(C)C.CSC1=N[C@@](C)(c2ccccc2)C(=O)N1Nc1ccccc1.Cl. The number of nitrogens with one attached hydrogen (secondary N) is 2. The van der Waals surface area contributed by atoms with Crippen molar-refractivity contribution in [1.82, 2.24) is 15.2 Å². The van der Waals surface area contributed by atoms with Crippen molar-refractivity contribution in [3.8, 4) is 0 Å². The Morgan fingerprint density at radius 1 is 1.11 bits per heavy atom. The van der Waals surface area contributed by atoms with Crippen LogP contribution in [-0.2, 0) is 15.1 Å². The topological polar surface area (TPSA) is 86.3 Å². The zero-order chi connectivity index (χ0) is 25.7. The predicted molar refractivity (Wildman–Crippen MR) is 152 cm³/mol. The van der Waals surface area contributed by atoms with Crippen molar-refractivity contribution in [3.05, 3.63) is 66.2 Å². The number of para-hydroxylation sites is 1. The molecular weight excluding hydrogens is 498 g/mol. The van der Waals surface area contributed by atoms with Gasteiger partial charge in [0.05, 0.1) is 12.3 Å². The van der Waals surface area contributed by atoms with E-state index in [1.54, 1.807) is 0 Å². The van der Waals surface area contributed by atoms with Gasteiger partial charge in [-0.1, -0.05) is 67.2 Å². The summed E-state index contributed by atoms with van der Waals surface area (Å²) in [5, 5.41) is 4.89. The van der Waals surface area contributed by atoms with Crippen molar-refractivity contribution in [2.75, 3.05) is 45.5 Å². The number of aliphatic imine (C=N–C) groups is 1. The van der Waals surface area contributed by atoms with Gasteiger partial charge in [0.2, 0.25) is 0 Å². The van der Waals surface area contributed by atoms with E-state index >= 15 is 0 Å². The molecule has 2 aromatic carbocycles. The smallest absolute Gasteiger partial charge is 0.407 e. The van der Waals surface area contributed by atoms with Crippen LogP contribution in [0, 0.1) is 0 Å². The number of ether oxygens (including phenoxy) is 1. The van der Waals surface area contributed by atoms with Crippen molar-refractivity contribution in [2.24, 2.45) is 4.99 Å². The fourth-order valence-electron chi connectivity index (χ4n) is 3.25. The summed E-state index contributed by atoms with van der Waals surface area (Å²) >= 11 is 1.45. The molecule has 3 rings (SSSR count). The van der Waals surface area contributed by atoms with Crippen LogP contribution in [0.25, 0.3) is 0 Å². The number of carbonyl (C=O) groups is 2. The summed E-state index contributed by atoms with van der Waals surface area (Å²) in [5.74, 6) is -0.0769. The minimum Gasteiger partial charge on any atom is -0.450 e. The van der Waals surface area contributed by atoms with Crippen LogP contribution in [0.2, 0.25) is 0 Å². The number of anilines is 1. The number of benzene rings is 2. The Hall–Kier alpha value is -2.75. The molecule has 8 nitrogen and oxygen atoms in total. The van der Waals surface area contributed by atoms with E-state index in [0.717, 1.165) is 30.6 Å². The third-order valence-corrected chi connectivity index (χ3v) is 5.79. The van der Waals surface area contributed by atoms with Crippen LogP contribution in [0.1, 0.15) is 32.3 Å². The molecule has 0 spiro atoms. The standard InChI is InChI=1S/C17H17N3OS.C9H20N2O2.ClH/c1-17(13-9-5-3-6-10-13)15(21)20(16(18-17)22-2)19-14-11-7-4-8-12-14;1-4-8-13-9(12)10-6-5-7-11(2)3;/h3-12,19H,1-2H3;4-8H2,1-3H3,(H,10,12);1H/t17-;;/m0../s1. The lowest BCUT2D eigenvalue weighted by Crippen LogP contribution is -2.42. The fourth-order valence-corrected chi connectivity index (χ4v) is 3.84.